The summed E-state index contributed by atoms with van der Waals surface area (Å²) in [5.41, 5.74) is 8.92. The lowest BCUT2D eigenvalue weighted by Crippen LogP contribution is -1.95. The number of nitro groups is 1. The van der Waals surface area contributed by atoms with Gasteiger partial charge in [-0.3, -0.25) is 10.1 Å². The highest BCUT2D eigenvalue weighted by Gasteiger charge is 2.12. The lowest BCUT2D eigenvalue weighted by molar-refractivity contribution is -0.385. The second kappa shape index (κ2) is 7.05. The Morgan fingerprint density at radius 3 is 2.94 bits per heavy atom. The molecular weight excluding hydrogens is 236 g/mol. The van der Waals surface area contributed by atoms with E-state index in [1.807, 2.05) is 0 Å². The highest BCUT2D eigenvalue weighted by Crippen LogP contribution is 2.21. The van der Waals surface area contributed by atoms with Gasteiger partial charge in [-0.25, -0.2) is 0 Å². The van der Waals surface area contributed by atoms with Crippen molar-refractivity contribution in [2.24, 2.45) is 5.11 Å². The molecule has 7 heteroatoms. The van der Waals surface area contributed by atoms with Crippen molar-refractivity contribution in [3.8, 4) is 0 Å². The van der Waals surface area contributed by atoms with Gasteiger partial charge in [0.15, 0.2) is 0 Å². The first-order chi connectivity index (χ1) is 8.69. The molecule has 0 atom stereocenters. The van der Waals surface area contributed by atoms with E-state index in [9.17, 15) is 10.1 Å². The summed E-state index contributed by atoms with van der Waals surface area (Å²) in [4.78, 5) is 12.9. The van der Waals surface area contributed by atoms with Gasteiger partial charge >= 0.3 is 0 Å². The summed E-state index contributed by atoms with van der Waals surface area (Å²) < 4.78 is 0. The fraction of sp³-hybridized carbons (Fsp3) is 0.273. The van der Waals surface area contributed by atoms with Crippen molar-refractivity contribution < 1.29 is 10.0 Å². The molecule has 1 aromatic rings. The van der Waals surface area contributed by atoms with Crippen LogP contribution in [0.15, 0.2) is 29.4 Å². The minimum Gasteiger partial charge on any atom is -0.391 e. The lowest BCUT2D eigenvalue weighted by atomic mass is 10.1. The van der Waals surface area contributed by atoms with Crippen LogP contribution in [0.5, 0.6) is 0 Å². The predicted octanol–water partition coefficient (Wildman–Crippen LogP) is 2.80. The number of benzene rings is 1. The standard InChI is InChI=1S/C11H12N4O3/c12-14-13-6-2-1-3-9-4-5-10(8-16)11(7-9)15(17)18/h1,3-5,7,16H,2,6,8H2. The van der Waals surface area contributed by atoms with Gasteiger partial charge < -0.3 is 5.11 Å². The Kier molecular flexibility index (Phi) is 5.37. The SMILES string of the molecule is [N-]=[N+]=NCCC=Cc1ccc(CO)c([N+](=O)[O-])c1. The minimum atomic E-state index is -0.525. The van der Waals surface area contributed by atoms with E-state index in [2.05, 4.69) is 10.0 Å². The molecule has 18 heavy (non-hydrogen) atoms. The molecule has 0 saturated carbocycles. The summed E-state index contributed by atoms with van der Waals surface area (Å²) in [7, 11) is 0. The van der Waals surface area contributed by atoms with E-state index in [4.69, 9.17) is 10.6 Å². The molecule has 1 aromatic carbocycles. The van der Waals surface area contributed by atoms with Crippen LogP contribution in [0, 0.1) is 10.1 Å². The maximum atomic E-state index is 10.8. The van der Waals surface area contributed by atoms with Crippen molar-refractivity contribution >= 4 is 11.8 Å². The lowest BCUT2D eigenvalue weighted by Gasteiger charge is -2.00. The van der Waals surface area contributed by atoms with Crippen molar-refractivity contribution in [3.63, 3.8) is 0 Å². The summed E-state index contributed by atoms with van der Waals surface area (Å²) >= 11 is 0. The van der Waals surface area contributed by atoms with Gasteiger partial charge in [-0.15, -0.1) is 0 Å². The molecule has 94 valence electrons. The molecule has 0 amide bonds. The predicted molar refractivity (Wildman–Crippen MR) is 66.7 cm³/mol. The molecule has 0 fully saturated rings. The van der Waals surface area contributed by atoms with E-state index in [0.29, 0.717) is 18.5 Å². The van der Waals surface area contributed by atoms with Crippen LogP contribution in [0.2, 0.25) is 0 Å². The van der Waals surface area contributed by atoms with Gasteiger partial charge in [0.1, 0.15) is 0 Å². The monoisotopic (exact) mass is 248 g/mol. The van der Waals surface area contributed by atoms with Gasteiger partial charge in [0.05, 0.1) is 17.1 Å². The molecule has 0 unspecified atom stereocenters. The van der Waals surface area contributed by atoms with Crippen molar-refractivity contribution in [3.05, 3.63) is 56.0 Å². The summed E-state index contributed by atoms with van der Waals surface area (Å²) in [6.07, 6.45) is 4.05. The van der Waals surface area contributed by atoms with Crippen LogP contribution < -0.4 is 0 Å². The number of nitrogens with zero attached hydrogens (tertiary/aromatic N) is 4. The van der Waals surface area contributed by atoms with E-state index in [1.165, 1.54) is 12.1 Å². The fourth-order valence-electron chi connectivity index (χ4n) is 1.38. The maximum absolute atomic E-state index is 10.8. The highest BCUT2D eigenvalue weighted by atomic mass is 16.6. The number of aliphatic hydroxyl groups excluding tert-OH is 1. The molecule has 7 nitrogen and oxygen atoms in total. The average molecular weight is 248 g/mol. The number of aliphatic hydroxyl groups is 1. The molecule has 0 aromatic heterocycles. The number of nitro benzene ring substituents is 1. The Morgan fingerprint density at radius 2 is 2.33 bits per heavy atom. The highest BCUT2D eigenvalue weighted by molar-refractivity contribution is 5.56. The molecule has 0 spiro atoms. The van der Waals surface area contributed by atoms with Crippen LogP contribution in [0.4, 0.5) is 5.69 Å². The van der Waals surface area contributed by atoms with Crippen molar-refractivity contribution in [1.29, 1.82) is 0 Å². The Morgan fingerprint density at radius 1 is 1.56 bits per heavy atom. The molecule has 0 aliphatic heterocycles. The molecule has 0 saturated heterocycles. The quantitative estimate of drug-likeness (QED) is 0.208. The third kappa shape index (κ3) is 3.89. The van der Waals surface area contributed by atoms with Gasteiger partial charge in [0.25, 0.3) is 5.69 Å². The number of hydrogen-bond acceptors (Lipinski definition) is 4. The van der Waals surface area contributed by atoms with E-state index in [1.54, 1.807) is 18.2 Å². The topological polar surface area (TPSA) is 112 Å². The summed E-state index contributed by atoms with van der Waals surface area (Å²) in [6, 6.07) is 4.60. The van der Waals surface area contributed by atoms with Crippen LogP contribution in [-0.4, -0.2) is 16.6 Å². The molecule has 0 aliphatic rings. The smallest absolute Gasteiger partial charge is 0.275 e. The second-order valence-electron chi connectivity index (χ2n) is 3.45. The number of rotatable bonds is 6. The van der Waals surface area contributed by atoms with Crippen LogP contribution in [0.25, 0.3) is 16.5 Å². The first-order valence-electron chi connectivity index (χ1n) is 5.24. The molecule has 1 N–H and O–H groups in total. The average Bonchev–Trinajstić information content (AvgIpc) is 2.38. The summed E-state index contributed by atoms with van der Waals surface area (Å²) in [6.45, 7) is -0.0129. The summed E-state index contributed by atoms with van der Waals surface area (Å²) in [5, 5.41) is 23.1. The zero-order chi connectivity index (χ0) is 13.4. The van der Waals surface area contributed by atoms with Crippen LogP contribution in [0.3, 0.4) is 0 Å². The molecule has 0 heterocycles. The molecule has 0 bridgehead atoms. The largest absolute Gasteiger partial charge is 0.391 e. The van der Waals surface area contributed by atoms with E-state index in [0.717, 1.165) is 0 Å². The fourth-order valence-corrected chi connectivity index (χ4v) is 1.38. The van der Waals surface area contributed by atoms with E-state index >= 15 is 0 Å². The molecule has 0 aliphatic carbocycles. The first-order valence-corrected chi connectivity index (χ1v) is 5.24. The van der Waals surface area contributed by atoms with Crippen molar-refractivity contribution in [1.82, 2.24) is 0 Å². The Labute approximate surface area is 103 Å². The third-order valence-electron chi connectivity index (χ3n) is 2.25. The van der Waals surface area contributed by atoms with Gasteiger partial charge in [-0.1, -0.05) is 23.3 Å². The molecular formula is C11H12N4O3. The van der Waals surface area contributed by atoms with Crippen LogP contribution in [0.1, 0.15) is 17.5 Å². The van der Waals surface area contributed by atoms with Gasteiger partial charge in [0, 0.05) is 17.5 Å². The number of azide groups is 1. The van der Waals surface area contributed by atoms with Crippen LogP contribution in [-0.2, 0) is 6.61 Å². The van der Waals surface area contributed by atoms with E-state index in [-0.39, 0.29) is 17.9 Å². The van der Waals surface area contributed by atoms with Crippen molar-refractivity contribution in [2.45, 2.75) is 13.0 Å². The Hall–Kier alpha value is -2.37. The molecule has 0 radical (unpaired) electrons. The minimum absolute atomic E-state index is 0.102. The zero-order valence-electron chi connectivity index (χ0n) is 9.56. The normalized spacial score (nSPS) is 10.3. The first kappa shape index (κ1) is 13.7. The third-order valence-corrected chi connectivity index (χ3v) is 2.25. The Bertz CT molecular complexity index is 507. The van der Waals surface area contributed by atoms with Gasteiger partial charge in [-0.05, 0) is 23.6 Å². The van der Waals surface area contributed by atoms with Crippen molar-refractivity contribution in [2.75, 3.05) is 6.54 Å². The van der Waals surface area contributed by atoms with E-state index < -0.39 is 4.92 Å². The molecule has 1 rings (SSSR count). The number of hydrogen-bond donors (Lipinski definition) is 1. The maximum Gasteiger partial charge on any atom is 0.275 e. The van der Waals surface area contributed by atoms with Gasteiger partial charge in [-0.2, -0.15) is 0 Å². The zero-order valence-corrected chi connectivity index (χ0v) is 9.56. The van der Waals surface area contributed by atoms with Gasteiger partial charge in [0.2, 0.25) is 0 Å². The second-order valence-corrected chi connectivity index (χ2v) is 3.45. The van der Waals surface area contributed by atoms with Crippen LogP contribution >= 0.6 is 0 Å². The summed E-state index contributed by atoms with van der Waals surface area (Å²) in [5.74, 6) is 0. The Balaban J connectivity index is 2.81.